The predicted molar refractivity (Wildman–Crippen MR) is 119 cm³/mol. The van der Waals surface area contributed by atoms with Crippen LogP contribution in [0.2, 0.25) is 0 Å². The van der Waals surface area contributed by atoms with Gasteiger partial charge in [0.25, 0.3) is 0 Å². The number of methoxy groups -OCH3 is 1. The van der Waals surface area contributed by atoms with E-state index in [1.54, 1.807) is 25.3 Å². The number of aromatic nitrogens is 2. The first-order valence-corrected chi connectivity index (χ1v) is 10.0. The lowest BCUT2D eigenvalue weighted by molar-refractivity contribution is 0.373. The predicted octanol–water partition coefficient (Wildman–Crippen LogP) is 5.76. The van der Waals surface area contributed by atoms with Crippen molar-refractivity contribution in [2.45, 2.75) is 20.3 Å². The maximum Gasteiger partial charge on any atom is 0.161 e. The van der Waals surface area contributed by atoms with Crippen molar-refractivity contribution in [3.8, 4) is 50.9 Å². The number of phenolic OH excluding ortho intramolecular Hbond substituents is 2. The average molecular weight is 400 g/mol. The van der Waals surface area contributed by atoms with E-state index in [9.17, 15) is 10.2 Å². The molecule has 4 aromatic rings. The molecule has 5 heteroatoms. The van der Waals surface area contributed by atoms with Crippen molar-refractivity contribution in [3.05, 3.63) is 71.8 Å². The van der Waals surface area contributed by atoms with Crippen LogP contribution in [0.4, 0.5) is 0 Å². The lowest BCUT2D eigenvalue weighted by Crippen LogP contribution is -1.89. The summed E-state index contributed by atoms with van der Waals surface area (Å²) in [6.45, 7) is 4.00. The molecule has 0 unspecified atom stereocenters. The van der Waals surface area contributed by atoms with Crippen molar-refractivity contribution >= 4 is 0 Å². The fourth-order valence-electron chi connectivity index (χ4n) is 3.82. The summed E-state index contributed by atoms with van der Waals surface area (Å²) < 4.78 is 5.24. The van der Waals surface area contributed by atoms with E-state index in [2.05, 4.69) is 34.5 Å². The SMILES string of the molecule is CC.COc1cc2c(cc1O)Cc1c(-c3ccc(-c4ccc(O)cc4)cc3)n[nH]c1-2. The highest BCUT2D eigenvalue weighted by molar-refractivity contribution is 5.83. The molecule has 152 valence electrons. The summed E-state index contributed by atoms with van der Waals surface area (Å²) in [5.74, 6) is 0.870. The maximum absolute atomic E-state index is 10.1. The molecule has 0 atom stereocenters. The van der Waals surface area contributed by atoms with E-state index in [-0.39, 0.29) is 11.5 Å². The number of aromatic hydroxyl groups is 2. The number of aromatic amines is 1. The second-order valence-corrected chi connectivity index (χ2v) is 6.91. The van der Waals surface area contributed by atoms with E-state index in [0.29, 0.717) is 12.2 Å². The molecule has 0 bridgehead atoms. The number of rotatable bonds is 3. The van der Waals surface area contributed by atoms with Gasteiger partial charge in [0.2, 0.25) is 0 Å². The molecule has 3 N–H and O–H groups in total. The van der Waals surface area contributed by atoms with Gasteiger partial charge in [-0.1, -0.05) is 50.2 Å². The smallest absolute Gasteiger partial charge is 0.161 e. The molecule has 0 amide bonds. The van der Waals surface area contributed by atoms with Crippen LogP contribution >= 0.6 is 0 Å². The molecule has 1 heterocycles. The second kappa shape index (κ2) is 7.95. The highest BCUT2D eigenvalue weighted by Gasteiger charge is 2.26. The van der Waals surface area contributed by atoms with Crippen molar-refractivity contribution in [2.75, 3.05) is 7.11 Å². The van der Waals surface area contributed by atoms with Gasteiger partial charge in [0.1, 0.15) is 5.75 Å². The summed E-state index contributed by atoms with van der Waals surface area (Å²) in [5.41, 5.74) is 8.25. The summed E-state index contributed by atoms with van der Waals surface area (Å²) in [4.78, 5) is 0. The van der Waals surface area contributed by atoms with Crippen LogP contribution in [-0.4, -0.2) is 27.5 Å². The number of phenols is 2. The van der Waals surface area contributed by atoms with Crippen molar-refractivity contribution in [2.24, 2.45) is 0 Å². The maximum atomic E-state index is 10.1. The van der Waals surface area contributed by atoms with E-state index in [0.717, 1.165) is 44.8 Å². The minimum atomic E-state index is 0.152. The highest BCUT2D eigenvalue weighted by atomic mass is 16.5. The summed E-state index contributed by atoms with van der Waals surface area (Å²) >= 11 is 0. The third-order valence-corrected chi connectivity index (χ3v) is 5.27. The zero-order valence-corrected chi connectivity index (χ0v) is 17.2. The Morgan fingerprint density at radius 2 is 1.47 bits per heavy atom. The Bertz CT molecular complexity index is 1180. The fourth-order valence-corrected chi connectivity index (χ4v) is 3.82. The molecule has 0 aliphatic heterocycles. The molecule has 5 rings (SSSR count). The van der Waals surface area contributed by atoms with Crippen LogP contribution in [0.25, 0.3) is 33.6 Å². The molecule has 3 aromatic carbocycles. The first kappa shape index (κ1) is 19.6. The van der Waals surface area contributed by atoms with Gasteiger partial charge in [-0.15, -0.1) is 0 Å². The topological polar surface area (TPSA) is 78.4 Å². The van der Waals surface area contributed by atoms with Gasteiger partial charge in [-0.3, -0.25) is 5.10 Å². The standard InChI is InChI=1S/C23H18N2O3.C2H6/c1-28-21-12-18-16(11-20(21)27)10-19-22(24-25-23(18)19)15-4-2-13(3-5-15)14-6-8-17(26)9-7-14;1-2/h2-9,11-12,26-27H,10H2,1H3,(H,24,25);1-2H3. The molecule has 1 aliphatic carbocycles. The Hall–Kier alpha value is -3.73. The number of fused-ring (bicyclic) bond motifs is 3. The molecule has 1 aromatic heterocycles. The zero-order chi connectivity index (χ0) is 21.3. The van der Waals surface area contributed by atoms with Crippen LogP contribution in [0.15, 0.2) is 60.7 Å². The lowest BCUT2D eigenvalue weighted by Gasteiger charge is -2.06. The minimum Gasteiger partial charge on any atom is -0.508 e. The van der Waals surface area contributed by atoms with Crippen molar-refractivity contribution in [1.29, 1.82) is 0 Å². The van der Waals surface area contributed by atoms with E-state index in [4.69, 9.17) is 4.74 Å². The first-order chi connectivity index (χ1) is 14.6. The van der Waals surface area contributed by atoms with E-state index < -0.39 is 0 Å². The van der Waals surface area contributed by atoms with Crippen LogP contribution in [0.1, 0.15) is 25.0 Å². The van der Waals surface area contributed by atoms with Crippen LogP contribution in [-0.2, 0) is 6.42 Å². The monoisotopic (exact) mass is 400 g/mol. The largest absolute Gasteiger partial charge is 0.508 e. The summed E-state index contributed by atoms with van der Waals surface area (Å²) in [5, 5.41) is 27.2. The molecule has 30 heavy (non-hydrogen) atoms. The molecular weight excluding hydrogens is 376 g/mol. The van der Waals surface area contributed by atoms with Gasteiger partial charge in [-0.25, -0.2) is 0 Å². The minimum absolute atomic E-state index is 0.152. The van der Waals surface area contributed by atoms with E-state index >= 15 is 0 Å². The van der Waals surface area contributed by atoms with Crippen molar-refractivity contribution in [3.63, 3.8) is 0 Å². The van der Waals surface area contributed by atoms with Crippen LogP contribution in [0.5, 0.6) is 17.2 Å². The molecule has 0 saturated carbocycles. The Kier molecular flexibility index (Phi) is 5.19. The van der Waals surface area contributed by atoms with Crippen LogP contribution in [0, 0.1) is 0 Å². The number of hydrogen-bond donors (Lipinski definition) is 3. The van der Waals surface area contributed by atoms with Gasteiger partial charge < -0.3 is 14.9 Å². The third-order valence-electron chi connectivity index (χ3n) is 5.27. The summed E-state index contributed by atoms with van der Waals surface area (Å²) in [6.07, 6.45) is 0.716. The summed E-state index contributed by atoms with van der Waals surface area (Å²) in [6, 6.07) is 19.0. The van der Waals surface area contributed by atoms with Gasteiger partial charge in [0.05, 0.1) is 18.5 Å². The highest BCUT2D eigenvalue weighted by Crippen LogP contribution is 2.44. The molecular formula is C25H24N2O3. The first-order valence-electron chi connectivity index (χ1n) is 10.0. The molecule has 0 fully saturated rings. The van der Waals surface area contributed by atoms with Crippen molar-refractivity contribution in [1.82, 2.24) is 10.2 Å². The normalized spacial score (nSPS) is 11.3. The Morgan fingerprint density at radius 3 is 2.10 bits per heavy atom. The number of H-pyrrole nitrogens is 1. The van der Waals surface area contributed by atoms with Gasteiger partial charge in [-0.2, -0.15) is 5.10 Å². The number of nitrogens with one attached hydrogen (secondary N) is 1. The number of ether oxygens (including phenoxy) is 1. The fraction of sp³-hybridized carbons (Fsp3) is 0.160. The van der Waals surface area contributed by atoms with Gasteiger partial charge >= 0.3 is 0 Å². The van der Waals surface area contributed by atoms with Gasteiger partial charge in [0.15, 0.2) is 11.5 Å². The Balaban J connectivity index is 0.00000106. The molecule has 0 saturated heterocycles. The number of nitrogens with zero attached hydrogens (tertiary/aromatic N) is 1. The molecule has 0 radical (unpaired) electrons. The summed E-state index contributed by atoms with van der Waals surface area (Å²) in [7, 11) is 1.55. The zero-order valence-electron chi connectivity index (χ0n) is 17.2. The van der Waals surface area contributed by atoms with E-state index in [1.165, 1.54) is 0 Å². The van der Waals surface area contributed by atoms with Crippen LogP contribution < -0.4 is 4.74 Å². The molecule has 0 spiro atoms. The lowest BCUT2D eigenvalue weighted by atomic mass is 10.0. The van der Waals surface area contributed by atoms with Crippen molar-refractivity contribution < 1.29 is 14.9 Å². The van der Waals surface area contributed by atoms with Gasteiger partial charge in [0, 0.05) is 23.1 Å². The van der Waals surface area contributed by atoms with E-state index in [1.807, 2.05) is 32.0 Å². The van der Waals surface area contributed by atoms with Gasteiger partial charge in [-0.05, 0) is 41.0 Å². The Labute approximate surface area is 175 Å². The number of hydrogen-bond acceptors (Lipinski definition) is 4. The third kappa shape index (κ3) is 3.28. The number of benzene rings is 3. The van der Waals surface area contributed by atoms with Crippen LogP contribution in [0.3, 0.4) is 0 Å². The second-order valence-electron chi connectivity index (χ2n) is 6.91. The average Bonchev–Trinajstić information content (AvgIpc) is 3.34. The Morgan fingerprint density at radius 1 is 0.867 bits per heavy atom. The molecule has 1 aliphatic rings. The quantitative estimate of drug-likeness (QED) is 0.360. The molecule has 5 nitrogen and oxygen atoms in total.